The molecule has 1 N–H and O–H groups in total. The highest BCUT2D eigenvalue weighted by Crippen LogP contribution is 2.08. The maximum atomic E-state index is 12.5. The Morgan fingerprint density at radius 2 is 1.37 bits per heavy atom. The molecule has 0 spiro atoms. The molecule has 0 aliphatic carbocycles. The highest BCUT2D eigenvalue weighted by atomic mass is 19.1. The maximum Gasteiger partial charge on any atom is 0.313 e. The molecule has 0 saturated carbocycles. The molecular formula is C22H22F2O6. The molecule has 3 rings (SSSR count). The van der Waals surface area contributed by atoms with Gasteiger partial charge in [-0.25, -0.2) is 8.78 Å². The number of ketones is 1. The molecule has 160 valence electrons. The van der Waals surface area contributed by atoms with Crippen LogP contribution in [0.1, 0.15) is 48.9 Å². The number of halogens is 2. The van der Waals surface area contributed by atoms with Gasteiger partial charge in [0.25, 0.3) is 0 Å². The van der Waals surface area contributed by atoms with Gasteiger partial charge in [0.05, 0.1) is 0 Å². The number of rotatable bonds is 5. The van der Waals surface area contributed by atoms with Gasteiger partial charge in [-0.05, 0) is 49.2 Å². The Morgan fingerprint density at radius 3 is 1.77 bits per heavy atom. The van der Waals surface area contributed by atoms with Crippen LogP contribution in [0.2, 0.25) is 0 Å². The molecule has 1 fully saturated rings. The smallest absolute Gasteiger partial charge is 0.313 e. The third kappa shape index (κ3) is 11.4. The fourth-order valence-corrected chi connectivity index (χ4v) is 2.20. The molecule has 0 radical (unpaired) electrons. The second-order valence-corrected chi connectivity index (χ2v) is 6.17. The average Bonchev–Trinajstić information content (AvgIpc) is 2.69. The van der Waals surface area contributed by atoms with Crippen molar-refractivity contribution in [1.82, 2.24) is 0 Å². The molecular weight excluding hydrogens is 398 g/mol. The average molecular weight is 420 g/mol. The zero-order valence-electron chi connectivity index (χ0n) is 16.2. The third-order valence-electron chi connectivity index (χ3n) is 3.68. The van der Waals surface area contributed by atoms with E-state index in [4.69, 9.17) is 5.11 Å². The Labute approximate surface area is 172 Å². The Kier molecular flexibility index (Phi) is 11.2. The standard InChI is InChI=1S/C11H11FO3.C6H5F.C5H6O3/c12-9-6-4-8(5-7-9)10(13)2-1-3-11(14)15;7-6-4-2-1-3-5-6;6-4-2-1-3-5(7)8-4/h4-7H,1-3H2,(H,14,15);1-5H;1-3H2. The molecule has 2 aromatic rings. The zero-order chi connectivity index (χ0) is 22.4. The number of carbonyl (C=O) groups excluding carboxylic acids is 3. The Morgan fingerprint density at radius 1 is 0.833 bits per heavy atom. The predicted molar refractivity (Wildman–Crippen MR) is 104 cm³/mol. The molecule has 1 heterocycles. The largest absolute Gasteiger partial charge is 0.481 e. The first-order valence-corrected chi connectivity index (χ1v) is 9.22. The summed E-state index contributed by atoms with van der Waals surface area (Å²) in [5, 5.41) is 8.37. The number of benzene rings is 2. The molecule has 2 aromatic carbocycles. The normalized spacial score (nSPS) is 12.5. The van der Waals surface area contributed by atoms with Crippen LogP contribution in [0.5, 0.6) is 0 Å². The van der Waals surface area contributed by atoms with Crippen LogP contribution in [-0.4, -0.2) is 28.8 Å². The third-order valence-corrected chi connectivity index (χ3v) is 3.68. The monoisotopic (exact) mass is 420 g/mol. The molecule has 0 aromatic heterocycles. The number of carboxylic acid groups (broad SMARTS) is 1. The van der Waals surface area contributed by atoms with Crippen LogP contribution in [-0.2, 0) is 19.1 Å². The van der Waals surface area contributed by atoms with Gasteiger partial charge in [0.1, 0.15) is 11.6 Å². The van der Waals surface area contributed by atoms with E-state index in [9.17, 15) is 28.0 Å². The molecule has 0 amide bonds. The van der Waals surface area contributed by atoms with Crippen LogP contribution >= 0.6 is 0 Å². The van der Waals surface area contributed by atoms with Crippen molar-refractivity contribution < 1.29 is 37.8 Å². The summed E-state index contributed by atoms with van der Waals surface area (Å²) in [5.41, 5.74) is 0.418. The van der Waals surface area contributed by atoms with Crippen LogP contribution in [0.4, 0.5) is 8.78 Å². The second kappa shape index (κ2) is 13.7. The molecule has 0 unspecified atom stereocenters. The van der Waals surface area contributed by atoms with Crippen LogP contribution in [0, 0.1) is 11.6 Å². The van der Waals surface area contributed by atoms with E-state index in [1.54, 1.807) is 18.2 Å². The van der Waals surface area contributed by atoms with E-state index in [1.807, 2.05) is 0 Å². The minimum absolute atomic E-state index is 0.0209. The van der Waals surface area contributed by atoms with Gasteiger partial charge in [-0.2, -0.15) is 0 Å². The van der Waals surface area contributed by atoms with Crippen LogP contribution < -0.4 is 0 Å². The molecule has 1 aliphatic rings. The highest BCUT2D eigenvalue weighted by molar-refractivity contribution is 5.96. The van der Waals surface area contributed by atoms with Gasteiger partial charge < -0.3 is 9.84 Å². The number of aliphatic carboxylic acids is 1. The Balaban J connectivity index is 0.000000250. The van der Waals surface area contributed by atoms with E-state index in [0.29, 0.717) is 31.2 Å². The first kappa shape index (κ1) is 24.6. The number of ether oxygens (including phenoxy) is 1. The summed E-state index contributed by atoms with van der Waals surface area (Å²) < 4.78 is 28.6. The number of hydrogen-bond acceptors (Lipinski definition) is 5. The van der Waals surface area contributed by atoms with Gasteiger partial charge in [-0.15, -0.1) is 0 Å². The topological polar surface area (TPSA) is 97.7 Å². The first-order chi connectivity index (χ1) is 14.3. The number of hydrogen-bond donors (Lipinski definition) is 1. The molecule has 0 bridgehead atoms. The van der Waals surface area contributed by atoms with Crippen molar-refractivity contribution in [2.45, 2.75) is 38.5 Å². The number of esters is 2. The lowest BCUT2D eigenvalue weighted by Crippen LogP contribution is -2.17. The predicted octanol–water partition coefficient (Wildman–Crippen LogP) is 4.33. The van der Waals surface area contributed by atoms with Crippen molar-refractivity contribution in [3.8, 4) is 0 Å². The van der Waals surface area contributed by atoms with Gasteiger partial charge in [0.15, 0.2) is 5.78 Å². The van der Waals surface area contributed by atoms with Crippen molar-refractivity contribution in [2.75, 3.05) is 0 Å². The second-order valence-electron chi connectivity index (χ2n) is 6.17. The number of carbonyl (C=O) groups is 4. The Hall–Kier alpha value is -3.42. The number of Topliss-reactive ketones (excluding diaryl/α,β-unsaturated/α-hetero) is 1. The summed E-state index contributed by atoms with van der Waals surface area (Å²) in [6.45, 7) is 0. The van der Waals surface area contributed by atoms with E-state index in [0.717, 1.165) is 0 Å². The van der Waals surface area contributed by atoms with E-state index < -0.39 is 11.8 Å². The summed E-state index contributed by atoms with van der Waals surface area (Å²) in [5.74, 6) is -2.42. The van der Waals surface area contributed by atoms with E-state index in [-0.39, 0.29) is 36.4 Å². The molecule has 6 nitrogen and oxygen atoms in total. The van der Waals surface area contributed by atoms with Gasteiger partial charge in [-0.1, -0.05) is 18.2 Å². The highest BCUT2D eigenvalue weighted by Gasteiger charge is 2.16. The lowest BCUT2D eigenvalue weighted by atomic mass is 10.1. The summed E-state index contributed by atoms with van der Waals surface area (Å²) in [6.07, 6.45) is 1.91. The molecule has 0 atom stereocenters. The van der Waals surface area contributed by atoms with Crippen LogP contribution in [0.15, 0.2) is 54.6 Å². The van der Waals surface area contributed by atoms with Gasteiger partial charge >= 0.3 is 17.9 Å². The summed E-state index contributed by atoms with van der Waals surface area (Å²) in [4.78, 5) is 42.1. The number of cyclic esters (lactones) is 2. The van der Waals surface area contributed by atoms with Gasteiger partial charge in [0, 0.05) is 31.2 Å². The van der Waals surface area contributed by atoms with Gasteiger partial charge in [-0.3, -0.25) is 19.2 Å². The fourth-order valence-electron chi connectivity index (χ4n) is 2.20. The van der Waals surface area contributed by atoms with E-state index in [2.05, 4.69) is 4.74 Å². The quantitative estimate of drug-likeness (QED) is 0.439. The maximum absolute atomic E-state index is 12.5. The molecule has 1 aliphatic heterocycles. The fraction of sp³-hybridized carbons (Fsp3) is 0.273. The van der Waals surface area contributed by atoms with Crippen molar-refractivity contribution in [2.24, 2.45) is 0 Å². The van der Waals surface area contributed by atoms with Crippen molar-refractivity contribution >= 4 is 23.7 Å². The summed E-state index contributed by atoms with van der Waals surface area (Å²) in [7, 11) is 0. The minimum atomic E-state index is -0.915. The SMILES string of the molecule is Fc1ccccc1.O=C(O)CCCC(=O)c1ccc(F)cc1.O=C1CCCC(=O)O1. The number of carboxylic acids is 1. The van der Waals surface area contributed by atoms with Crippen molar-refractivity contribution in [1.29, 1.82) is 0 Å². The lowest BCUT2D eigenvalue weighted by molar-refractivity contribution is -0.163. The molecule has 1 saturated heterocycles. The molecule has 30 heavy (non-hydrogen) atoms. The summed E-state index contributed by atoms with van der Waals surface area (Å²) in [6, 6.07) is 13.2. The van der Waals surface area contributed by atoms with Gasteiger partial charge in [0.2, 0.25) is 0 Å². The minimum Gasteiger partial charge on any atom is -0.481 e. The Bertz CT molecular complexity index is 820. The first-order valence-electron chi connectivity index (χ1n) is 9.22. The lowest BCUT2D eigenvalue weighted by Gasteiger charge is -2.06. The van der Waals surface area contributed by atoms with Crippen molar-refractivity contribution in [3.05, 3.63) is 71.8 Å². The van der Waals surface area contributed by atoms with Crippen molar-refractivity contribution in [3.63, 3.8) is 0 Å². The molecule has 8 heteroatoms. The van der Waals surface area contributed by atoms with E-state index in [1.165, 1.54) is 36.4 Å². The van der Waals surface area contributed by atoms with Crippen LogP contribution in [0.3, 0.4) is 0 Å². The van der Waals surface area contributed by atoms with E-state index >= 15 is 0 Å². The zero-order valence-corrected chi connectivity index (χ0v) is 16.2. The summed E-state index contributed by atoms with van der Waals surface area (Å²) >= 11 is 0. The van der Waals surface area contributed by atoms with Crippen LogP contribution in [0.25, 0.3) is 0 Å².